The van der Waals surface area contributed by atoms with Crippen LogP contribution in [0.3, 0.4) is 0 Å². The number of carbonyl (C=O) groups is 2. The number of hydrogen-bond donors (Lipinski definition) is 3. The van der Waals surface area contributed by atoms with E-state index in [0.29, 0.717) is 25.9 Å². The average molecular weight is 356 g/mol. The zero-order valence-electron chi connectivity index (χ0n) is 15.6. The number of benzene rings is 1. The molecular weight excluding hydrogens is 328 g/mol. The Morgan fingerprint density at radius 3 is 2.50 bits per heavy atom. The number of aromatic nitrogens is 1. The molecule has 3 rings (SSSR count). The standard InChI is InChI=1S/C20H28N4O2/c1-24(2)13-5-11-21-18(25)20(9-10-20)19(26)22-12-8-15-14-23-17-7-4-3-6-16(15)17/h3-4,6-7,14,23H,5,8-13H2,1-2H3,(H,21,25)(H,22,26). The van der Waals surface area contributed by atoms with E-state index in [1.165, 1.54) is 10.9 Å². The Morgan fingerprint density at radius 1 is 1.12 bits per heavy atom. The van der Waals surface area contributed by atoms with Crippen molar-refractivity contribution in [1.82, 2.24) is 20.5 Å². The number of aromatic amines is 1. The number of amides is 2. The number of nitrogens with zero attached hydrogens (tertiary/aromatic N) is 1. The first-order valence-electron chi connectivity index (χ1n) is 9.29. The molecular formula is C20H28N4O2. The Bertz CT molecular complexity index is 777. The molecule has 140 valence electrons. The number of rotatable bonds is 9. The lowest BCUT2D eigenvalue weighted by molar-refractivity contribution is -0.137. The second-order valence-electron chi connectivity index (χ2n) is 7.36. The third kappa shape index (κ3) is 4.07. The van der Waals surface area contributed by atoms with Gasteiger partial charge in [-0.25, -0.2) is 0 Å². The van der Waals surface area contributed by atoms with Crippen LogP contribution in [0.15, 0.2) is 30.5 Å². The summed E-state index contributed by atoms with van der Waals surface area (Å²) >= 11 is 0. The van der Waals surface area contributed by atoms with Gasteiger partial charge in [0.25, 0.3) is 0 Å². The van der Waals surface area contributed by atoms with E-state index in [-0.39, 0.29) is 11.8 Å². The molecule has 0 aliphatic heterocycles. The van der Waals surface area contributed by atoms with Crippen molar-refractivity contribution in [1.29, 1.82) is 0 Å². The number of carbonyl (C=O) groups excluding carboxylic acids is 2. The molecule has 0 unspecified atom stereocenters. The Morgan fingerprint density at radius 2 is 1.81 bits per heavy atom. The van der Waals surface area contributed by atoms with Crippen LogP contribution < -0.4 is 10.6 Å². The van der Waals surface area contributed by atoms with Crippen LogP contribution in [0.2, 0.25) is 0 Å². The van der Waals surface area contributed by atoms with Crippen molar-refractivity contribution >= 4 is 22.7 Å². The van der Waals surface area contributed by atoms with Crippen molar-refractivity contribution in [3.63, 3.8) is 0 Å². The zero-order chi connectivity index (χ0) is 18.6. The minimum atomic E-state index is -0.835. The van der Waals surface area contributed by atoms with Crippen LogP contribution in [-0.2, 0) is 16.0 Å². The highest BCUT2D eigenvalue weighted by Gasteiger charge is 2.56. The van der Waals surface area contributed by atoms with E-state index in [0.717, 1.165) is 24.9 Å². The summed E-state index contributed by atoms with van der Waals surface area (Å²) in [7, 11) is 4.01. The average Bonchev–Trinajstić information content (AvgIpc) is 3.35. The molecule has 26 heavy (non-hydrogen) atoms. The summed E-state index contributed by atoms with van der Waals surface area (Å²) in [6, 6.07) is 8.13. The SMILES string of the molecule is CN(C)CCCNC(=O)C1(C(=O)NCCc2c[nH]c3ccccc23)CC1. The van der Waals surface area contributed by atoms with Crippen molar-refractivity contribution in [2.24, 2.45) is 5.41 Å². The van der Waals surface area contributed by atoms with E-state index in [1.807, 2.05) is 38.5 Å². The molecule has 1 aliphatic rings. The summed E-state index contributed by atoms with van der Waals surface area (Å²) in [4.78, 5) is 30.2. The van der Waals surface area contributed by atoms with E-state index in [1.54, 1.807) is 0 Å². The van der Waals surface area contributed by atoms with Gasteiger partial charge in [0, 0.05) is 30.2 Å². The van der Waals surface area contributed by atoms with Crippen molar-refractivity contribution in [2.75, 3.05) is 33.7 Å². The monoisotopic (exact) mass is 356 g/mol. The zero-order valence-corrected chi connectivity index (χ0v) is 15.6. The second kappa shape index (κ2) is 7.91. The second-order valence-corrected chi connectivity index (χ2v) is 7.36. The molecule has 2 amide bonds. The van der Waals surface area contributed by atoms with Crippen LogP contribution in [0.1, 0.15) is 24.8 Å². The van der Waals surface area contributed by atoms with Crippen molar-refractivity contribution in [2.45, 2.75) is 25.7 Å². The molecule has 0 bridgehead atoms. The molecule has 1 fully saturated rings. The van der Waals surface area contributed by atoms with Gasteiger partial charge in [-0.1, -0.05) is 18.2 Å². The first-order chi connectivity index (χ1) is 12.5. The lowest BCUT2D eigenvalue weighted by Gasteiger charge is -2.16. The molecule has 1 aromatic carbocycles. The van der Waals surface area contributed by atoms with Gasteiger partial charge in [0.05, 0.1) is 0 Å². The number of hydrogen-bond acceptors (Lipinski definition) is 3. The van der Waals surface area contributed by atoms with Gasteiger partial charge in [-0.15, -0.1) is 0 Å². The minimum Gasteiger partial charge on any atom is -0.361 e. The highest BCUT2D eigenvalue weighted by Crippen LogP contribution is 2.46. The molecule has 1 aliphatic carbocycles. The fraction of sp³-hybridized carbons (Fsp3) is 0.500. The Kier molecular flexibility index (Phi) is 5.61. The summed E-state index contributed by atoms with van der Waals surface area (Å²) < 4.78 is 0. The number of nitrogens with one attached hydrogen (secondary N) is 3. The Labute approximate surface area is 154 Å². The van der Waals surface area contributed by atoms with Gasteiger partial charge < -0.3 is 20.5 Å². The summed E-state index contributed by atoms with van der Waals surface area (Å²) in [6.07, 6.45) is 4.91. The molecule has 0 radical (unpaired) electrons. The lowest BCUT2D eigenvalue weighted by Crippen LogP contribution is -2.44. The molecule has 1 heterocycles. The van der Waals surface area contributed by atoms with Gasteiger partial charge in [0.2, 0.25) is 11.8 Å². The lowest BCUT2D eigenvalue weighted by atomic mass is 10.0. The van der Waals surface area contributed by atoms with Crippen LogP contribution in [0, 0.1) is 5.41 Å². The van der Waals surface area contributed by atoms with E-state index in [4.69, 9.17) is 0 Å². The summed E-state index contributed by atoms with van der Waals surface area (Å²) in [5, 5.41) is 7.06. The molecule has 0 atom stereocenters. The largest absolute Gasteiger partial charge is 0.361 e. The van der Waals surface area contributed by atoms with Gasteiger partial charge in [0.15, 0.2) is 0 Å². The maximum Gasteiger partial charge on any atom is 0.235 e. The first kappa shape index (κ1) is 18.5. The third-order valence-electron chi connectivity index (χ3n) is 5.04. The van der Waals surface area contributed by atoms with Crippen LogP contribution >= 0.6 is 0 Å². The first-order valence-corrected chi connectivity index (χ1v) is 9.29. The molecule has 6 nitrogen and oxygen atoms in total. The summed E-state index contributed by atoms with van der Waals surface area (Å²) in [6.45, 7) is 2.07. The van der Waals surface area contributed by atoms with Gasteiger partial charge in [0.1, 0.15) is 5.41 Å². The molecule has 0 spiro atoms. The van der Waals surface area contributed by atoms with Crippen LogP contribution in [-0.4, -0.2) is 55.4 Å². The summed E-state index contributed by atoms with van der Waals surface area (Å²) in [5.74, 6) is -0.261. The minimum absolute atomic E-state index is 0.124. The molecule has 2 aromatic rings. The van der Waals surface area contributed by atoms with Crippen molar-refractivity contribution in [3.8, 4) is 0 Å². The number of para-hydroxylation sites is 1. The Balaban J connectivity index is 1.46. The topological polar surface area (TPSA) is 77.2 Å². The Hall–Kier alpha value is -2.34. The van der Waals surface area contributed by atoms with Gasteiger partial charge >= 0.3 is 0 Å². The van der Waals surface area contributed by atoms with Crippen LogP contribution in [0.4, 0.5) is 0 Å². The predicted octanol–water partition coefficient (Wildman–Crippen LogP) is 1.67. The van der Waals surface area contributed by atoms with Gasteiger partial charge in [-0.3, -0.25) is 9.59 Å². The van der Waals surface area contributed by atoms with Crippen LogP contribution in [0.5, 0.6) is 0 Å². The maximum atomic E-state index is 12.5. The predicted molar refractivity (Wildman–Crippen MR) is 103 cm³/mol. The van der Waals surface area contributed by atoms with Gasteiger partial charge in [-0.2, -0.15) is 0 Å². The fourth-order valence-corrected chi connectivity index (χ4v) is 3.27. The molecule has 1 saturated carbocycles. The van der Waals surface area contributed by atoms with Crippen molar-refractivity contribution < 1.29 is 9.59 Å². The fourth-order valence-electron chi connectivity index (χ4n) is 3.27. The summed E-state index contributed by atoms with van der Waals surface area (Å²) in [5.41, 5.74) is 1.45. The molecule has 6 heteroatoms. The molecule has 3 N–H and O–H groups in total. The highest BCUT2D eigenvalue weighted by atomic mass is 16.2. The van der Waals surface area contributed by atoms with E-state index in [2.05, 4.69) is 26.6 Å². The molecule has 0 saturated heterocycles. The number of fused-ring (bicyclic) bond motifs is 1. The van der Waals surface area contributed by atoms with E-state index >= 15 is 0 Å². The highest BCUT2D eigenvalue weighted by molar-refractivity contribution is 6.07. The van der Waals surface area contributed by atoms with Crippen molar-refractivity contribution in [3.05, 3.63) is 36.0 Å². The normalized spacial score (nSPS) is 15.2. The van der Waals surface area contributed by atoms with E-state index in [9.17, 15) is 9.59 Å². The smallest absolute Gasteiger partial charge is 0.235 e. The van der Waals surface area contributed by atoms with Gasteiger partial charge in [-0.05, 0) is 58.0 Å². The number of H-pyrrole nitrogens is 1. The molecule has 1 aromatic heterocycles. The quantitative estimate of drug-likeness (QED) is 0.472. The van der Waals surface area contributed by atoms with E-state index < -0.39 is 5.41 Å². The van der Waals surface area contributed by atoms with Crippen LogP contribution in [0.25, 0.3) is 10.9 Å². The third-order valence-corrected chi connectivity index (χ3v) is 5.04. The maximum absolute atomic E-state index is 12.5.